The molecule has 3 heterocycles. The third-order valence-corrected chi connectivity index (χ3v) is 6.53. The molecular weight excluding hydrogens is 482 g/mol. The standard InChI is InChI=1S/C29H31N5O4/c1-18-14-21(10-12-25(18)38-23-11-9-19(2)30-15-23)33-28-27-24(31-17-32-28)7-4-8-26(27)37-20(3)29(36)34-13-5-6-22(35)16-34/h4,7-12,14-15,17,20,22,35H,5-6,13,16H2,1-3H3,(H,31,32,33)/t20-,22-/m1/s1. The molecule has 9 nitrogen and oxygen atoms in total. The number of aliphatic hydroxyl groups excluding tert-OH is 1. The van der Waals surface area contributed by atoms with Crippen LogP contribution in [0.2, 0.25) is 0 Å². The number of β-amino-alcohol motifs (C(OH)–C–C–N with tert-alkyl or cyclic N) is 1. The lowest BCUT2D eigenvalue weighted by atomic mass is 10.1. The smallest absolute Gasteiger partial charge is 0.263 e. The Morgan fingerprint density at radius 3 is 2.74 bits per heavy atom. The van der Waals surface area contributed by atoms with Crippen molar-refractivity contribution in [3.8, 4) is 17.2 Å². The Kier molecular flexibility index (Phi) is 7.37. The van der Waals surface area contributed by atoms with Gasteiger partial charge in [-0.15, -0.1) is 0 Å². The van der Waals surface area contributed by atoms with Gasteiger partial charge in [-0.3, -0.25) is 9.78 Å². The van der Waals surface area contributed by atoms with Crippen LogP contribution in [0.1, 0.15) is 31.0 Å². The largest absolute Gasteiger partial charge is 0.480 e. The third kappa shape index (κ3) is 5.68. The van der Waals surface area contributed by atoms with E-state index in [0.717, 1.165) is 29.1 Å². The lowest BCUT2D eigenvalue weighted by Crippen LogP contribution is -2.47. The predicted molar refractivity (Wildman–Crippen MR) is 145 cm³/mol. The molecule has 5 rings (SSSR count). The minimum Gasteiger partial charge on any atom is -0.480 e. The Morgan fingerprint density at radius 2 is 1.97 bits per heavy atom. The van der Waals surface area contributed by atoms with Crippen LogP contribution in [0.3, 0.4) is 0 Å². The van der Waals surface area contributed by atoms with Crippen molar-refractivity contribution in [1.82, 2.24) is 19.9 Å². The van der Waals surface area contributed by atoms with Crippen LogP contribution in [0.25, 0.3) is 10.9 Å². The molecule has 1 aliphatic rings. The van der Waals surface area contributed by atoms with Crippen LogP contribution in [0.5, 0.6) is 17.2 Å². The first-order chi connectivity index (χ1) is 18.4. The summed E-state index contributed by atoms with van der Waals surface area (Å²) in [6.45, 7) is 6.58. The third-order valence-electron chi connectivity index (χ3n) is 6.53. The molecule has 0 unspecified atom stereocenters. The van der Waals surface area contributed by atoms with E-state index in [0.29, 0.717) is 47.7 Å². The number of ether oxygens (including phenoxy) is 2. The number of piperidine rings is 1. The van der Waals surface area contributed by atoms with Crippen LogP contribution in [0.4, 0.5) is 11.5 Å². The van der Waals surface area contributed by atoms with Crippen molar-refractivity contribution in [2.45, 2.75) is 45.8 Å². The van der Waals surface area contributed by atoms with Gasteiger partial charge < -0.3 is 24.8 Å². The number of pyridine rings is 1. The number of amides is 1. The van der Waals surface area contributed by atoms with Crippen molar-refractivity contribution < 1.29 is 19.4 Å². The molecule has 0 bridgehead atoms. The zero-order valence-corrected chi connectivity index (χ0v) is 21.7. The molecule has 2 aromatic heterocycles. The number of aryl methyl sites for hydroxylation is 2. The Balaban J connectivity index is 1.37. The van der Waals surface area contributed by atoms with Gasteiger partial charge in [-0.2, -0.15) is 0 Å². The Hall–Kier alpha value is -4.24. The van der Waals surface area contributed by atoms with Gasteiger partial charge in [0.1, 0.15) is 29.4 Å². The molecule has 1 fully saturated rings. The van der Waals surface area contributed by atoms with Crippen LogP contribution in [-0.4, -0.2) is 56.2 Å². The van der Waals surface area contributed by atoms with Gasteiger partial charge in [-0.25, -0.2) is 9.97 Å². The Morgan fingerprint density at radius 1 is 1.11 bits per heavy atom. The highest BCUT2D eigenvalue weighted by Crippen LogP contribution is 2.34. The van der Waals surface area contributed by atoms with Crippen LogP contribution in [0.15, 0.2) is 61.1 Å². The molecule has 2 atom stereocenters. The topological polar surface area (TPSA) is 110 Å². The molecule has 2 aromatic carbocycles. The normalized spacial score (nSPS) is 16.2. The van der Waals surface area contributed by atoms with Crippen molar-refractivity contribution in [1.29, 1.82) is 0 Å². The van der Waals surface area contributed by atoms with Crippen molar-refractivity contribution in [3.63, 3.8) is 0 Å². The lowest BCUT2D eigenvalue weighted by molar-refractivity contribution is -0.140. The van der Waals surface area contributed by atoms with Crippen molar-refractivity contribution in [2.75, 3.05) is 18.4 Å². The fraction of sp³-hybridized carbons (Fsp3) is 0.310. The van der Waals surface area contributed by atoms with Crippen LogP contribution >= 0.6 is 0 Å². The maximum atomic E-state index is 13.0. The highest BCUT2D eigenvalue weighted by atomic mass is 16.5. The zero-order chi connectivity index (χ0) is 26.6. The number of likely N-dealkylation sites (tertiary alicyclic amines) is 1. The van der Waals surface area contributed by atoms with E-state index >= 15 is 0 Å². The van der Waals surface area contributed by atoms with E-state index in [9.17, 15) is 9.90 Å². The molecule has 1 amide bonds. The van der Waals surface area contributed by atoms with Crippen LogP contribution in [0, 0.1) is 13.8 Å². The first kappa shape index (κ1) is 25.4. The highest BCUT2D eigenvalue weighted by Gasteiger charge is 2.27. The summed E-state index contributed by atoms with van der Waals surface area (Å²) in [7, 11) is 0. The van der Waals surface area contributed by atoms with Gasteiger partial charge in [-0.1, -0.05) is 6.07 Å². The van der Waals surface area contributed by atoms with E-state index < -0.39 is 12.2 Å². The lowest BCUT2D eigenvalue weighted by Gasteiger charge is -2.32. The summed E-state index contributed by atoms with van der Waals surface area (Å²) in [5, 5.41) is 14.0. The maximum absolute atomic E-state index is 13.0. The van der Waals surface area contributed by atoms with Crippen molar-refractivity contribution in [3.05, 3.63) is 72.3 Å². The molecule has 0 aliphatic carbocycles. The summed E-state index contributed by atoms with van der Waals surface area (Å²) in [5.74, 6) is 2.32. The van der Waals surface area contributed by atoms with Crippen LogP contribution in [-0.2, 0) is 4.79 Å². The number of aromatic nitrogens is 3. The van der Waals surface area contributed by atoms with Gasteiger partial charge in [0.05, 0.1) is 23.2 Å². The summed E-state index contributed by atoms with van der Waals surface area (Å²) in [6.07, 6.45) is 3.47. The number of rotatable bonds is 7. The second-order valence-corrected chi connectivity index (χ2v) is 9.56. The Bertz CT molecular complexity index is 1440. The van der Waals surface area contributed by atoms with E-state index in [-0.39, 0.29) is 5.91 Å². The predicted octanol–water partition coefficient (Wildman–Crippen LogP) is 4.93. The summed E-state index contributed by atoms with van der Waals surface area (Å²) in [5.41, 5.74) is 3.38. The maximum Gasteiger partial charge on any atom is 0.263 e. The molecule has 196 valence electrons. The average Bonchev–Trinajstić information content (AvgIpc) is 2.91. The summed E-state index contributed by atoms with van der Waals surface area (Å²) < 4.78 is 12.1. The van der Waals surface area contributed by atoms with E-state index in [1.54, 1.807) is 18.0 Å². The number of hydrogen-bond donors (Lipinski definition) is 2. The second-order valence-electron chi connectivity index (χ2n) is 9.56. The van der Waals surface area contributed by atoms with Gasteiger partial charge in [0, 0.05) is 24.5 Å². The van der Waals surface area contributed by atoms with Gasteiger partial charge in [0.25, 0.3) is 5.91 Å². The highest BCUT2D eigenvalue weighted by molar-refractivity contribution is 5.96. The van der Waals surface area contributed by atoms with E-state index in [4.69, 9.17) is 9.47 Å². The van der Waals surface area contributed by atoms with Gasteiger partial charge in [0.15, 0.2) is 6.10 Å². The summed E-state index contributed by atoms with van der Waals surface area (Å²) >= 11 is 0. The molecular formula is C29H31N5O4. The monoisotopic (exact) mass is 513 g/mol. The number of aliphatic hydroxyl groups is 1. The van der Waals surface area contributed by atoms with Gasteiger partial charge in [-0.05, 0) is 81.6 Å². The van der Waals surface area contributed by atoms with Crippen molar-refractivity contribution >= 4 is 28.3 Å². The van der Waals surface area contributed by atoms with Gasteiger partial charge >= 0.3 is 0 Å². The number of carbonyl (C=O) groups excluding carboxylic acids is 1. The minimum atomic E-state index is -0.728. The first-order valence-electron chi connectivity index (χ1n) is 12.7. The molecule has 2 N–H and O–H groups in total. The number of carbonyl (C=O) groups is 1. The molecule has 38 heavy (non-hydrogen) atoms. The van der Waals surface area contributed by atoms with Crippen LogP contribution < -0.4 is 14.8 Å². The molecule has 4 aromatic rings. The quantitative estimate of drug-likeness (QED) is 0.358. The van der Waals surface area contributed by atoms with Crippen molar-refractivity contribution in [2.24, 2.45) is 0 Å². The summed E-state index contributed by atoms with van der Waals surface area (Å²) in [6, 6.07) is 15.1. The molecule has 9 heteroatoms. The molecule has 1 aliphatic heterocycles. The number of nitrogens with one attached hydrogen (secondary N) is 1. The number of hydrogen-bond acceptors (Lipinski definition) is 8. The fourth-order valence-electron chi connectivity index (χ4n) is 4.54. The molecule has 1 saturated heterocycles. The number of benzene rings is 2. The molecule has 0 spiro atoms. The van der Waals surface area contributed by atoms with E-state index in [2.05, 4.69) is 20.3 Å². The average molecular weight is 514 g/mol. The molecule has 0 radical (unpaired) electrons. The zero-order valence-electron chi connectivity index (χ0n) is 21.7. The van der Waals surface area contributed by atoms with Gasteiger partial charge in [0.2, 0.25) is 0 Å². The number of fused-ring (bicyclic) bond motifs is 1. The fourth-order valence-corrected chi connectivity index (χ4v) is 4.54. The number of anilines is 2. The SMILES string of the molecule is Cc1ccc(Oc2ccc(Nc3ncnc4cccc(O[C@H](C)C(=O)N5CCC[C@@H](O)C5)c34)cc2C)cn1. The Labute approximate surface area is 221 Å². The van der Waals surface area contributed by atoms with E-state index in [1.807, 2.05) is 62.4 Å². The second kappa shape index (κ2) is 11.0. The number of nitrogens with zero attached hydrogens (tertiary/aromatic N) is 4. The van der Waals surface area contributed by atoms with E-state index in [1.165, 1.54) is 6.33 Å². The first-order valence-corrected chi connectivity index (χ1v) is 12.7. The summed E-state index contributed by atoms with van der Waals surface area (Å²) in [4.78, 5) is 27.8. The minimum absolute atomic E-state index is 0.151. The molecule has 0 saturated carbocycles.